The molecule has 0 radical (unpaired) electrons. The number of aliphatic hydroxyl groups excluding tert-OH is 1. The highest BCUT2D eigenvalue weighted by molar-refractivity contribution is 5.90. The van der Waals surface area contributed by atoms with Crippen LogP contribution in [-0.4, -0.2) is 54.2 Å². The highest BCUT2D eigenvalue weighted by Crippen LogP contribution is 2.20. The molecule has 1 heterocycles. The van der Waals surface area contributed by atoms with Gasteiger partial charge in [-0.15, -0.1) is 0 Å². The van der Waals surface area contributed by atoms with Crippen LogP contribution in [0.5, 0.6) is 0 Å². The Morgan fingerprint density at radius 3 is 2.58 bits per heavy atom. The Bertz CT molecular complexity index is 403. The van der Waals surface area contributed by atoms with Crippen molar-refractivity contribution in [2.45, 2.75) is 19.5 Å². The van der Waals surface area contributed by atoms with Crippen molar-refractivity contribution in [2.75, 3.05) is 26.2 Å². The van der Waals surface area contributed by atoms with Gasteiger partial charge >= 0.3 is 12.1 Å². The number of Topliss-reactive ketones (excluding diaryl/α,β-unsaturated/α-hetero) is 1. The maximum atomic E-state index is 12.1. The molecule has 0 saturated heterocycles. The van der Waals surface area contributed by atoms with Gasteiger partial charge in [0.1, 0.15) is 5.76 Å². The Morgan fingerprint density at radius 1 is 1.42 bits per heavy atom. The van der Waals surface area contributed by atoms with Crippen molar-refractivity contribution in [1.82, 2.24) is 4.90 Å². The number of carbonyl (C=O) groups excluding carboxylic acids is 2. The first-order valence-corrected chi connectivity index (χ1v) is 5.66. The second kappa shape index (κ2) is 6.05. The number of rotatable bonds is 4. The van der Waals surface area contributed by atoms with Gasteiger partial charge in [0.15, 0.2) is 0 Å². The Kier molecular flexibility index (Phi) is 4.93. The van der Waals surface area contributed by atoms with E-state index in [0.717, 1.165) is 4.90 Å². The monoisotopic (exact) mass is 281 g/mol. The molecule has 1 aliphatic rings. The van der Waals surface area contributed by atoms with Gasteiger partial charge in [-0.05, 0) is 6.92 Å². The molecule has 19 heavy (non-hydrogen) atoms. The summed E-state index contributed by atoms with van der Waals surface area (Å²) < 4.78 is 41.1. The summed E-state index contributed by atoms with van der Waals surface area (Å²) in [5.74, 6) is -2.85. The molecule has 0 saturated carbocycles. The zero-order chi connectivity index (χ0) is 14.6. The van der Waals surface area contributed by atoms with Crippen molar-refractivity contribution < 1.29 is 32.6 Å². The minimum absolute atomic E-state index is 0.0132. The third kappa shape index (κ3) is 4.23. The van der Waals surface area contributed by atoms with Gasteiger partial charge in [-0.1, -0.05) is 0 Å². The third-order valence-electron chi connectivity index (χ3n) is 2.60. The number of carbonyl (C=O) groups is 2. The zero-order valence-electron chi connectivity index (χ0n) is 10.3. The fourth-order valence-corrected chi connectivity index (χ4v) is 1.64. The maximum Gasteiger partial charge on any atom is 0.451 e. The van der Waals surface area contributed by atoms with Crippen molar-refractivity contribution in [1.29, 1.82) is 0 Å². The molecule has 0 aromatic rings. The molecule has 0 aromatic carbocycles. The summed E-state index contributed by atoms with van der Waals surface area (Å²) in [6.45, 7) is 0.684. The summed E-state index contributed by atoms with van der Waals surface area (Å²) in [4.78, 5) is 23.5. The van der Waals surface area contributed by atoms with Crippen LogP contribution in [-0.2, 0) is 14.3 Å². The van der Waals surface area contributed by atoms with E-state index in [1.165, 1.54) is 0 Å². The summed E-state index contributed by atoms with van der Waals surface area (Å²) in [7, 11) is 0. The Hall–Kier alpha value is -1.57. The molecule has 0 amide bonds. The molecule has 1 aliphatic heterocycles. The van der Waals surface area contributed by atoms with Gasteiger partial charge in [-0.3, -0.25) is 9.69 Å². The van der Waals surface area contributed by atoms with Crippen LogP contribution in [0.25, 0.3) is 0 Å². The normalized spacial score (nSPS) is 17.5. The summed E-state index contributed by atoms with van der Waals surface area (Å²) >= 11 is 0. The molecule has 1 rings (SSSR count). The van der Waals surface area contributed by atoms with Crippen molar-refractivity contribution in [3.8, 4) is 0 Å². The smallest absolute Gasteiger partial charge is 0.451 e. The standard InChI is InChI=1S/C11H14F3NO4/c1-2-19-10(18)7-5-15(4-3-8(7)16)6-9(17)11(12,13)14/h16H,2-6H2,1H3. The average molecular weight is 281 g/mol. The average Bonchev–Trinajstić information content (AvgIpc) is 2.30. The van der Waals surface area contributed by atoms with E-state index >= 15 is 0 Å². The Labute approximate surface area is 107 Å². The molecular formula is C11H14F3NO4. The van der Waals surface area contributed by atoms with Crippen LogP contribution in [0.4, 0.5) is 13.2 Å². The number of ether oxygens (including phenoxy) is 1. The van der Waals surface area contributed by atoms with E-state index in [4.69, 9.17) is 0 Å². The first kappa shape index (κ1) is 15.5. The number of esters is 1. The van der Waals surface area contributed by atoms with Gasteiger partial charge in [0.05, 0.1) is 18.7 Å². The number of aliphatic hydroxyl groups is 1. The van der Waals surface area contributed by atoms with Crippen LogP contribution in [0.3, 0.4) is 0 Å². The number of alkyl halides is 3. The van der Waals surface area contributed by atoms with Crippen LogP contribution in [0.2, 0.25) is 0 Å². The molecule has 0 atom stereocenters. The van der Waals surface area contributed by atoms with E-state index in [1.807, 2.05) is 0 Å². The van der Waals surface area contributed by atoms with Crippen LogP contribution < -0.4 is 0 Å². The van der Waals surface area contributed by atoms with Crippen molar-refractivity contribution in [2.24, 2.45) is 0 Å². The maximum absolute atomic E-state index is 12.1. The largest absolute Gasteiger partial charge is 0.512 e. The third-order valence-corrected chi connectivity index (χ3v) is 2.60. The summed E-state index contributed by atoms with van der Waals surface area (Å²) in [6, 6.07) is 0. The number of hydrogen-bond donors (Lipinski definition) is 1. The van der Waals surface area contributed by atoms with Crippen LogP contribution in [0.15, 0.2) is 11.3 Å². The molecule has 8 heteroatoms. The molecular weight excluding hydrogens is 267 g/mol. The lowest BCUT2D eigenvalue weighted by Gasteiger charge is -2.27. The van der Waals surface area contributed by atoms with E-state index in [2.05, 4.69) is 4.74 Å². The van der Waals surface area contributed by atoms with Crippen molar-refractivity contribution >= 4 is 11.8 Å². The fraction of sp³-hybridized carbons (Fsp3) is 0.636. The molecule has 0 bridgehead atoms. The summed E-state index contributed by atoms with van der Waals surface area (Å²) in [5, 5.41) is 9.52. The van der Waals surface area contributed by atoms with Crippen molar-refractivity contribution in [3.05, 3.63) is 11.3 Å². The molecule has 0 fully saturated rings. The quantitative estimate of drug-likeness (QED) is 0.784. The lowest BCUT2D eigenvalue weighted by molar-refractivity contribution is -0.172. The van der Waals surface area contributed by atoms with E-state index < -0.39 is 24.5 Å². The van der Waals surface area contributed by atoms with Crippen LogP contribution >= 0.6 is 0 Å². The molecule has 0 aromatic heterocycles. The van der Waals surface area contributed by atoms with E-state index in [9.17, 15) is 27.9 Å². The lowest BCUT2D eigenvalue weighted by Crippen LogP contribution is -2.42. The van der Waals surface area contributed by atoms with Crippen LogP contribution in [0.1, 0.15) is 13.3 Å². The van der Waals surface area contributed by atoms with E-state index in [0.29, 0.717) is 0 Å². The van der Waals surface area contributed by atoms with Crippen molar-refractivity contribution in [3.63, 3.8) is 0 Å². The topological polar surface area (TPSA) is 66.8 Å². The summed E-state index contributed by atoms with van der Waals surface area (Å²) in [6.07, 6.45) is -4.88. The SMILES string of the molecule is CCOC(=O)C1=C(O)CCN(CC(=O)C(F)(F)F)C1. The lowest BCUT2D eigenvalue weighted by atomic mass is 10.1. The molecule has 0 unspecified atom stereocenters. The molecule has 0 aliphatic carbocycles. The fourth-order valence-electron chi connectivity index (χ4n) is 1.64. The van der Waals surface area contributed by atoms with E-state index in [1.54, 1.807) is 6.92 Å². The van der Waals surface area contributed by atoms with Gasteiger partial charge in [-0.25, -0.2) is 4.79 Å². The molecule has 5 nitrogen and oxygen atoms in total. The van der Waals surface area contributed by atoms with Gasteiger partial charge < -0.3 is 9.84 Å². The number of hydrogen-bond acceptors (Lipinski definition) is 5. The van der Waals surface area contributed by atoms with Gasteiger partial charge in [0.2, 0.25) is 5.78 Å². The second-order valence-electron chi connectivity index (χ2n) is 4.03. The first-order chi connectivity index (χ1) is 8.75. The molecule has 108 valence electrons. The van der Waals surface area contributed by atoms with Gasteiger partial charge in [-0.2, -0.15) is 13.2 Å². The van der Waals surface area contributed by atoms with E-state index in [-0.39, 0.29) is 37.4 Å². The number of halogens is 3. The minimum Gasteiger partial charge on any atom is -0.512 e. The Balaban J connectivity index is 2.69. The zero-order valence-corrected chi connectivity index (χ0v) is 10.3. The first-order valence-electron chi connectivity index (χ1n) is 5.66. The van der Waals surface area contributed by atoms with Gasteiger partial charge in [0.25, 0.3) is 0 Å². The Morgan fingerprint density at radius 2 is 2.05 bits per heavy atom. The van der Waals surface area contributed by atoms with Crippen LogP contribution in [0, 0.1) is 0 Å². The predicted octanol–water partition coefficient (Wildman–Crippen LogP) is 1.20. The molecule has 0 spiro atoms. The number of nitrogens with zero attached hydrogens (tertiary/aromatic N) is 1. The highest BCUT2D eigenvalue weighted by atomic mass is 19.4. The predicted molar refractivity (Wildman–Crippen MR) is 58.4 cm³/mol. The minimum atomic E-state index is -4.90. The number of ketones is 1. The van der Waals surface area contributed by atoms with Gasteiger partial charge in [0, 0.05) is 19.5 Å². The molecule has 1 N–H and O–H groups in total. The summed E-state index contributed by atoms with van der Waals surface area (Å²) in [5.41, 5.74) is -0.0944. The second-order valence-corrected chi connectivity index (χ2v) is 4.03. The highest BCUT2D eigenvalue weighted by Gasteiger charge is 2.39.